The minimum absolute atomic E-state index is 0.205. The van der Waals surface area contributed by atoms with E-state index >= 15 is 0 Å². The Bertz CT molecular complexity index is 756. The molecule has 0 aliphatic rings. The van der Waals surface area contributed by atoms with E-state index in [2.05, 4.69) is 50.3 Å². The zero-order valence-electron chi connectivity index (χ0n) is 17.9. The Labute approximate surface area is 170 Å². The number of hydrogen-bond donors (Lipinski definition) is 2. The molecule has 0 unspecified atom stereocenters. The lowest BCUT2D eigenvalue weighted by Gasteiger charge is -2.18. The third-order valence-electron chi connectivity index (χ3n) is 4.64. The Morgan fingerprint density at radius 2 is 2.00 bits per heavy atom. The number of aryl methyl sites for hydroxylation is 1. The average molecular weight is 383 g/mol. The lowest BCUT2D eigenvalue weighted by molar-refractivity contribution is 0.601. The highest BCUT2D eigenvalue weighted by Crippen LogP contribution is 2.24. The van der Waals surface area contributed by atoms with E-state index in [-0.39, 0.29) is 5.82 Å². The maximum Gasteiger partial charge on any atom is 0.128 e. The highest BCUT2D eigenvalue weighted by Gasteiger charge is 2.11. The Morgan fingerprint density at radius 1 is 1.29 bits per heavy atom. The van der Waals surface area contributed by atoms with Crippen LogP contribution in [-0.2, 0) is 6.54 Å². The summed E-state index contributed by atoms with van der Waals surface area (Å²) >= 11 is 0. The van der Waals surface area contributed by atoms with Crippen molar-refractivity contribution in [3.05, 3.63) is 95.6 Å². The second-order valence-corrected chi connectivity index (χ2v) is 7.21. The number of allylic oxidation sites excluding steroid dienone is 4. The molecule has 152 valence electrons. The molecule has 2 N–H and O–H groups in total. The van der Waals surface area contributed by atoms with Gasteiger partial charge in [0.2, 0.25) is 0 Å². The smallest absolute Gasteiger partial charge is 0.128 e. The van der Waals surface area contributed by atoms with Crippen molar-refractivity contribution in [2.75, 3.05) is 6.54 Å². The quantitative estimate of drug-likeness (QED) is 0.326. The van der Waals surface area contributed by atoms with Gasteiger partial charge in [0.05, 0.1) is 0 Å². The standard InChI is InChI=1S/C25H35FN2/c1-8-10-11-18(3)14-20(5)21(6)24(17-27-9-2)22(7)28-16-23-13-12-19(4)15-25(23)26/h8,12-15,17-18,27-28H,1,6-7,9-11,16H2,2-5H3/b20-14+,24-17+/t18-/m1/s1. The number of benzene rings is 1. The van der Waals surface area contributed by atoms with Gasteiger partial charge in [0.15, 0.2) is 0 Å². The molecule has 0 aromatic heterocycles. The van der Waals surface area contributed by atoms with Crippen molar-refractivity contribution < 1.29 is 4.39 Å². The fourth-order valence-corrected chi connectivity index (χ4v) is 2.86. The lowest BCUT2D eigenvalue weighted by Crippen LogP contribution is -2.18. The molecule has 0 aliphatic carbocycles. The van der Waals surface area contributed by atoms with E-state index in [9.17, 15) is 4.39 Å². The summed E-state index contributed by atoms with van der Waals surface area (Å²) in [5.74, 6) is 0.237. The summed E-state index contributed by atoms with van der Waals surface area (Å²) in [6, 6.07) is 5.26. The van der Waals surface area contributed by atoms with Crippen molar-refractivity contribution in [2.24, 2.45) is 5.92 Å². The largest absolute Gasteiger partial charge is 0.391 e. The monoisotopic (exact) mass is 382 g/mol. The summed E-state index contributed by atoms with van der Waals surface area (Å²) in [4.78, 5) is 0. The van der Waals surface area contributed by atoms with Gasteiger partial charge in [0.25, 0.3) is 0 Å². The maximum absolute atomic E-state index is 14.1. The number of nitrogens with one attached hydrogen (secondary N) is 2. The van der Waals surface area contributed by atoms with E-state index in [1.54, 1.807) is 12.1 Å². The zero-order chi connectivity index (χ0) is 21.1. The second kappa shape index (κ2) is 12.0. The molecule has 28 heavy (non-hydrogen) atoms. The Morgan fingerprint density at radius 3 is 2.61 bits per heavy atom. The van der Waals surface area contributed by atoms with Crippen molar-refractivity contribution in [1.29, 1.82) is 0 Å². The first-order chi connectivity index (χ1) is 13.3. The predicted molar refractivity (Wildman–Crippen MR) is 120 cm³/mol. The molecule has 0 saturated heterocycles. The summed E-state index contributed by atoms with van der Waals surface area (Å²) in [6.07, 6.45) is 8.16. The molecule has 0 fully saturated rings. The number of rotatable bonds is 12. The first kappa shape index (κ1) is 23.5. The van der Waals surface area contributed by atoms with Gasteiger partial charge in [-0.2, -0.15) is 0 Å². The molecule has 0 amide bonds. The summed E-state index contributed by atoms with van der Waals surface area (Å²) < 4.78 is 14.1. The van der Waals surface area contributed by atoms with Crippen LogP contribution in [0, 0.1) is 18.7 Å². The van der Waals surface area contributed by atoms with Gasteiger partial charge in [0.1, 0.15) is 5.82 Å². The van der Waals surface area contributed by atoms with Crippen molar-refractivity contribution in [1.82, 2.24) is 10.6 Å². The SMILES string of the molecule is C=CCC[C@@H](C)/C=C(\C)C(=C)/C(=C\NCC)C(=C)NCc1ccc(C)cc1F. The van der Waals surface area contributed by atoms with E-state index in [1.807, 2.05) is 32.2 Å². The Kier molecular flexibility index (Phi) is 10.1. The molecule has 0 radical (unpaired) electrons. The van der Waals surface area contributed by atoms with Crippen molar-refractivity contribution in [2.45, 2.75) is 47.1 Å². The zero-order valence-corrected chi connectivity index (χ0v) is 17.9. The Hall–Kier alpha value is -2.55. The summed E-state index contributed by atoms with van der Waals surface area (Å²) in [6.45, 7) is 21.6. The maximum atomic E-state index is 14.1. The fraction of sp³-hybridized carbons (Fsp3) is 0.360. The molecule has 1 atom stereocenters. The van der Waals surface area contributed by atoms with Gasteiger partial charge in [-0.05, 0) is 62.3 Å². The molecule has 0 saturated carbocycles. The first-order valence-electron chi connectivity index (χ1n) is 9.90. The van der Waals surface area contributed by atoms with E-state index in [0.717, 1.165) is 47.4 Å². The molecular weight excluding hydrogens is 347 g/mol. The van der Waals surface area contributed by atoms with Gasteiger partial charge >= 0.3 is 0 Å². The van der Waals surface area contributed by atoms with Crippen LogP contribution in [0.2, 0.25) is 0 Å². The summed E-state index contributed by atoms with van der Waals surface area (Å²) in [5.41, 5.74) is 5.17. The third-order valence-corrected chi connectivity index (χ3v) is 4.64. The molecule has 3 heteroatoms. The second-order valence-electron chi connectivity index (χ2n) is 7.21. The topological polar surface area (TPSA) is 24.1 Å². The summed E-state index contributed by atoms with van der Waals surface area (Å²) in [7, 11) is 0. The fourth-order valence-electron chi connectivity index (χ4n) is 2.86. The van der Waals surface area contributed by atoms with Gasteiger partial charge in [-0.25, -0.2) is 4.39 Å². The highest BCUT2D eigenvalue weighted by molar-refractivity contribution is 5.52. The minimum Gasteiger partial charge on any atom is -0.391 e. The van der Waals surface area contributed by atoms with Crippen LogP contribution >= 0.6 is 0 Å². The van der Waals surface area contributed by atoms with Crippen molar-refractivity contribution >= 4 is 0 Å². The Balaban J connectivity index is 2.90. The van der Waals surface area contributed by atoms with Crippen LogP contribution in [0.25, 0.3) is 0 Å². The van der Waals surface area contributed by atoms with Crippen molar-refractivity contribution in [3.8, 4) is 0 Å². The van der Waals surface area contributed by atoms with Gasteiger partial charge in [0, 0.05) is 36.1 Å². The average Bonchev–Trinajstić information content (AvgIpc) is 2.65. The molecule has 0 aliphatic heterocycles. The normalized spacial score (nSPS) is 13.0. The summed E-state index contributed by atoms with van der Waals surface area (Å²) in [5, 5.41) is 6.48. The van der Waals surface area contributed by atoms with Gasteiger partial charge in [-0.15, -0.1) is 6.58 Å². The molecule has 2 nitrogen and oxygen atoms in total. The van der Waals surface area contributed by atoms with Crippen LogP contribution in [-0.4, -0.2) is 6.54 Å². The van der Waals surface area contributed by atoms with Gasteiger partial charge in [-0.1, -0.05) is 44.4 Å². The first-order valence-corrected chi connectivity index (χ1v) is 9.90. The van der Waals surface area contributed by atoms with E-state index in [1.165, 1.54) is 0 Å². The van der Waals surface area contributed by atoms with Crippen LogP contribution < -0.4 is 10.6 Å². The predicted octanol–water partition coefficient (Wildman–Crippen LogP) is 6.34. The molecule has 0 bridgehead atoms. The van der Waals surface area contributed by atoms with Gasteiger partial charge < -0.3 is 10.6 Å². The van der Waals surface area contributed by atoms with Crippen LogP contribution in [0.3, 0.4) is 0 Å². The van der Waals surface area contributed by atoms with E-state index in [4.69, 9.17) is 0 Å². The van der Waals surface area contributed by atoms with Gasteiger partial charge in [-0.3, -0.25) is 0 Å². The van der Waals surface area contributed by atoms with E-state index in [0.29, 0.717) is 18.0 Å². The molecule has 0 heterocycles. The lowest BCUT2D eigenvalue weighted by atomic mass is 9.94. The number of halogens is 1. The van der Waals surface area contributed by atoms with Crippen LogP contribution in [0.5, 0.6) is 0 Å². The van der Waals surface area contributed by atoms with E-state index < -0.39 is 0 Å². The molecule has 0 spiro atoms. The van der Waals surface area contributed by atoms with Crippen LogP contribution in [0.1, 0.15) is 44.7 Å². The molecule has 1 aromatic carbocycles. The molecule has 1 aromatic rings. The molecule has 1 rings (SSSR count). The third kappa shape index (κ3) is 7.59. The minimum atomic E-state index is -0.205. The van der Waals surface area contributed by atoms with Crippen molar-refractivity contribution in [3.63, 3.8) is 0 Å². The van der Waals surface area contributed by atoms with Crippen LogP contribution in [0.4, 0.5) is 4.39 Å². The number of hydrogen-bond acceptors (Lipinski definition) is 2. The molecular formula is C25H35FN2. The highest BCUT2D eigenvalue weighted by atomic mass is 19.1. The van der Waals surface area contributed by atoms with Crippen LogP contribution in [0.15, 0.2) is 78.7 Å².